The number of hydrogen-bond acceptors (Lipinski definition) is 27. The van der Waals surface area contributed by atoms with Gasteiger partial charge in [0.2, 0.25) is 11.8 Å². The third-order valence-electron chi connectivity index (χ3n) is 13.7. The second kappa shape index (κ2) is 38.6. The number of hydrogen-bond donors (Lipinski definition) is 2. The minimum Gasteiger partial charge on any atom is -0.468 e. The van der Waals surface area contributed by atoms with E-state index in [0.29, 0.717) is 52.4 Å². The molecule has 2 heterocycles. The van der Waals surface area contributed by atoms with Crippen molar-refractivity contribution in [2.75, 3.05) is 207 Å². The first kappa shape index (κ1) is 69.2. The predicted molar refractivity (Wildman–Crippen MR) is 280 cm³/mol. The summed E-state index contributed by atoms with van der Waals surface area (Å²) in [5.74, 6) is -5.86. The van der Waals surface area contributed by atoms with Crippen molar-refractivity contribution in [2.45, 2.75) is 50.7 Å². The van der Waals surface area contributed by atoms with E-state index in [1.165, 1.54) is 63.8 Å². The van der Waals surface area contributed by atoms with E-state index in [0.717, 1.165) is 0 Å². The van der Waals surface area contributed by atoms with Gasteiger partial charge in [0.1, 0.15) is 18.1 Å². The number of ether oxygens (including phenoxy) is 8. The normalized spacial score (nSPS) is 18.2. The van der Waals surface area contributed by atoms with Crippen molar-refractivity contribution in [3.63, 3.8) is 0 Å². The Morgan fingerprint density at radius 3 is 0.823 bits per heavy atom. The molecule has 2 N–H and O–H groups in total. The monoisotopic (exact) mass is 1130 g/mol. The summed E-state index contributed by atoms with van der Waals surface area (Å²) in [7, 11) is 10.1. The van der Waals surface area contributed by atoms with Crippen molar-refractivity contribution < 1.29 is 90.6 Å². The molecule has 0 saturated carbocycles. The molecule has 0 aliphatic carbocycles. The number of nitrogens with one attached hydrogen (secondary N) is 2. The van der Waals surface area contributed by atoms with Gasteiger partial charge < -0.3 is 48.5 Å². The van der Waals surface area contributed by atoms with Gasteiger partial charge in [-0.3, -0.25) is 91.9 Å². The molecule has 2 rings (SSSR count). The molecule has 0 aromatic heterocycles. The zero-order chi connectivity index (χ0) is 58.9. The first-order chi connectivity index (χ1) is 37.7. The lowest BCUT2D eigenvalue weighted by Crippen LogP contribution is -2.52. The fraction of sp³-hybridized carbons (Fsp3) is 0.780. The Hall–Kier alpha value is -5.95. The Morgan fingerprint density at radius 2 is 0.595 bits per heavy atom. The number of esters is 8. The molecule has 2 aliphatic rings. The number of rotatable bonds is 26. The molecule has 0 spiro atoms. The highest BCUT2D eigenvalue weighted by atomic mass is 16.5. The van der Waals surface area contributed by atoms with Crippen LogP contribution in [-0.2, 0) is 90.6 Å². The zero-order valence-electron chi connectivity index (χ0n) is 47.7. The van der Waals surface area contributed by atoms with Crippen LogP contribution in [0.1, 0.15) is 32.6 Å². The summed E-state index contributed by atoms with van der Waals surface area (Å²) in [6.45, 7) is 4.92. The Morgan fingerprint density at radius 1 is 0.354 bits per heavy atom. The van der Waals surface area contributed by atoms with Gasteiger partial charge in [-0.05, 0) is 19.8 Å². The van der Waals surface area contributed by atoms with Crippen LogP contribution in [0.2, 0.25) is 0 Å². The van der Waals surface area contributed by atoms with Gasteiger partial charge in [0.05, 0.1) is 96.1 Å². The molecule has 79 heavy (non-hydrogen) atoms. The van der Waals surface area contributed by atoms with Crippen molar-refractivity contribution in [1.82, 2.24) is 49.8 Å². The number of Topliss-reactive ketones (excluding diaryl/α,β-unsaturated/α-hetero) is 1. The van der Waals surface area contributed by atoms with Crippen LogP contribution in [-0.4, -0.2) is 330 Å². The maximum atomic E-state index is 13.6. The van der Waals surface area contributed by atoms with E-state index < -0.39 is 83.5 Å². The van der Waals surface area contributed by atoms with Crippen molar-refractivity contribution in [3.8, 4) is 0 Å². The number of methoxy groups -OCH3 is 8. The molecule has 450 valence electrons. The van der Waals surface area contributed by atoms with Gasteiger partial charge >= 0.3 is 47.8 Å². The van der Waals surface area contributed by atoms with Gasteiger partial charge in [0.15, 0.2) is 5.78 Å². The molecule has 0 radical (unpaired) electrons. The molecule has 0 aromatic rings. The Bertz CT molecular complexity index is 1920. The average molecular weight is 1130 g/mol. The number of ketones is 1. The summed E-state index contributed by atoms with van der Waals surface area (Å²) in [5.41, 5.74) is 0. The summed E-state index contributed by atoms with van der Waals surface area (Å²) >= 11 is 0. The van der Waals surface area contributed by atoms with Crippen molar-refractivity contribution in [2.24, 2.45) is 0 Å². The lowest BCUT2D eigenvalue weighted by Gasteiger charge is -2.36. The molecular formula is C50H86N10O19. The standard InChI is InChI=1S/C50H86N10O19/c1-37(61)38(52-42(63)13-11-40(50(71)79-9)60-28-24-57(35-47(68)76-6)20-16-54(32-44(65)73-3)17-21-58(25-29-60)36-48(69)77-7)30-51-41(62)12-10-39(49(70)78-8)59-26-22-55(33-45(66)74-4)18-14-53(31-43(64)72-2)15-19-56(23-27-59)34-46(67)75-5/h38-40H,10-36H2,1-9H3,(H,51,62)(H,52,63)/t38-,39?,40?/m0/s1. The van der Waals surface area contributed by atoms with Crippen LogP contribution in [0, 0.1) is 0 Å². The Labute approximate surface area is 462 Å². The third kappa shape index (κ3) is 27.7. The summed E-state index contributed by atoms with van der Waals surface area (Å²) in [4.78, 5) is 156. The third-order valence-corrected chi connectivity index (χ3v) is 13.7. The van der Waals surface area contributed by atoms with Crippen molar-refractivity contribution >= 4 is 65.4 Å². The van der Waals surface area contributed by atoms with Crippen LogP contribution in [0.3, 0.4) is 0 Å². The number of carbonyl (C=O) groups is 11. The summed E-state index contributed by atoms with van der Waals surface area (Å²) in [6, 6.07) is -3.16. The van der Waals surface area contributed by atoms with E-state index in [9.17, 15) is 52.7 Å². The van der Waals surface area contributed by atoms with Gasteiger partial charge in [0.25, 0.3) is 0 Å². The maximum Gasteiger partial charge on any atom is 0.323 e. The lowest BCUT2D eigenvalue weighted by atomic mass is 10.1. The fourth-order valence-electron chi connectivity index (χ4n) is 8.73. The highest BCUT2D eigenvalue weighted by Gasteiger charge is 2.33. The van der Waals surface area contributed by atoms with Gasteiger partial charge in [-0.1, -0.05) is 0 Å². The van der Waals surface area contributed by atoms with Gasteiger partial charge in [0, 0.05) is 124 Å². The minimum absolute atomic E-state index is 0.0308. The van der Waals surface area contributed by atoms with E-state index in [2.05, 4.69) is 10.6 Å². The summed E-state index contributed by atoms with van der Waals surface area (Å²) in [6.07, 6.45) is -0.594. The molecule has 2 saturated heterocycles. The lowest BCUT2D eigenvalue weighted by molar-refractivity contribution is -0.149. The molecule has 3 atom stereocenters. The maximum absolute atomic E-state index is 13.6. The molecule has 29 heteroatoms. The fourth-order valence-corrected chi connectivity index (χ4v) is 8.73. The highest BCUT2D eigenvalue weighted by molar-refractivity contribution is 5.89. The molecule has 0 aromatic carbocycles. The SMILES string of the molecule is COC(=O)CN1CCN(CC(=O)OC)CCN(C(CCC(=O)NC[C@H](NC(=O)CCC(C(=O)OC)N2CCN(CC(=O)OC)CCN(CC(=O)OC)CCN(CC(=O)OC)CC2)C(C)=O)C(=O)OC)CCN(CC(=O)OC)CC1. The molecule has 2 aliphatic heterocycles. The second-order valence-electron chi connectivity index (χ2n) is 18.9. The van der Waals surface area contributed by atoms with Crippen LogP contribution in [0.25, 0.3) is 0 Å². The molecule has 29 nitrogen and oxygen atoms in total. The van der Waals surface area contributed by atoms with E-state index >= 15 is 0 Å². The topological polar surface area (TPSA) is 312 Å². The van der Waals surface area contributed by atoms with E-state index in [-0.39, 0.29) is 124 Å². The van der Waals surface area contributed by atoms with E-state index in [1.54, 1.807) is 9.80 Å². The first-order valence-electron chi connectivity index (χ1n) is 26.2. The zero-order valence-corrected chi connectivity index (χ0v) is 47.7. The number of nitrogens with zero attached hydrogens (tertiary/aromatic N) is 8. The Kier molecular flexibility index (Phi) is 33.8. The molecule has 2 unspecified atom stereocenters. The molecule has 2 fully saturated rings. The summed E-state index contributed by atoms with van der Waals surface area (Å²) in [5, 5.41) is 5.34. The largest absolute Gasteiger partial charge is 0.468 e. The van der Waals surface area contributed by atoms with Gasteiger partial charge in [-0.2, -0.15) is 0 Å². The van der Waals surface area contributed by atoms with Crippen LogP contribution in [0.5, 0.6) is 0 Å². The predicted octanol–water partition coefficient (Wildman–Crippen LogP) is -4.70. The van der Waals surface area contributed by atoms with Crippen LogP contribution >= 0.6 is 0 Å². The number of carbonyl (C=O) groups excluding carboxylic acids is 11. The molecule has 0 bridgehead atoms. The van der Waals surface area contributed by atoms with Crippen LogP contribution in [0.4, 0.5) is 0 Å². The van der Waals surface area contributed by atoms with Crippen molar-refractivity contribution in [1.29, 1.82) is 0 Å². The Balaban J connectivity index is 2.27. The quantitative estimate of drug-likeness (QED) is 0.0607. The minimum atomic E-state index is -1.18. The van der Waals surface area contributed by atoms with Gasteiger partial charge in [-0.25, -0.2) is 0 Å². The molecule has 2 amide bonds. The number of amides is 2. The van der Waals surface area contributed by atoms with Crippen LogP contribution in [0.15, 0.2) is 0 Å². The van der Waals surface area contributed by atoms with E-state index in [1.807, 2.05) is 29.4 Å². The smallest absolute Gasteiger partial charge is 0.323 e. The average Bonchev–Trinajstić information content (AvgIpc) is 3.44. The molecular weight excluding hydrogens is 1040 g/mol. The highest BCUT2D eigenvalue weighted by Crippen LogP contribution is 2.15. The first-order valence-corrected chi connectivity index (χ1v) is 26.2. The second-order valence-corrected chi connectivity index (χ2v) is 18.9. The van der Waals surface area contributed by atoms with Crippen LogP contribution < -0.4 is 10.6 Å². The van der Waals surface area contributed by atoms with Gasteiger partial charge in [-0.15, -0.1) is 0 Å². The van der Waals surface area contributed by atoms with E-state index in [4.69, 9.17) is 37.9 Å². The van der Waals surface area contributed by atoms with Crippen molar-refractivity contribution in [3.05, 3.63) is 0 Å². The summed E-state index contributed by atoms with van der Waals surface area (Å²) < 4.78 is 39.9.